The molecule has 3 aromatic rings. The zero-order valence-electron chi connectivity index (χ0n) is 14.8. The number of azo groups is 2. The van der Waals surface area contributed by atoms with Gasteiger partial charge in [0.2, 0.25) is 0 Å². The Labute approximate surface area is 162 Å². The van der Waals surface area contributed by atoms with Crippen molar-refractivity contribution >= 4 is 28.8 Å². The number of hydrogen-bond donors (Lipinski definition) is 0. The zero-order valence-corrected chi connectivity index (χ0v) is 14.8. The topological polar surface area (TPSA) is 97.0 Å². The number of benzene rings is 3. The SMILES string of the molecule is N#CC(C#N)=Cc1ccc(N=Nc2ccc(N=Nc3ccccc3)cc2)cc1. The molecule has 0 atom stereocenters. The Kier molecular flexibility index (Phi) is 6.12. The van der Waals surface area contributed by atoms with E-state index in [0.29, 0.717) is 11.4 Å². The summed E-state index contributed by atoms with van der Waals surface area (Å²) in [5, 5.41) is 34.3. The van der Waals surface area contributed by atoms with E-state index in [1.165, 1.54) is 6.08 Å². The van der Waals surface area contributed by atoms with Crippen LogP contribution in [0.25, 0.3) is 6.08 Å². The van der Waals surface area contributed by atoms with Crippen LogP contribution in [0.3, 0.4) is 0 Å². The maximum atomic E-state index is 8.78. The molecular weight excluding hydrogens is 348 g/mol. The summed E-state index contributed by atoms with van der Waals surface area (Å²) < 4.78 is 0. The van der Waals surface area contributed by atoms with E-state index in [4.69, 9.17) is 10.5 Å². The predicted molar refractivity (Wildman–Crippen MR) is 107 cm³/mol. The molecule has 6 heteroatoms. The second kappa shape index (κ2) is 9.33. The molecule has 3 aromatic carbocycles. The molecule has 3 rings (SSSR count). The molecule has 0 aliphatic rings. The molecule has 0 bridgehead atoms. The van der Waals surface area contributed by atoms with Crippen LogP contribution >= 0.6 is 0 Å². The van der Waals surface area contributed by atoms with Crippen molar-refractivity contribution in [2.75, 3.05) is 0 Å². The third-order valence-corrected chi connectivity index (χ3v) is 3.61. The van der Waals surface area contributed by atoms with Crippen LogP contribution in [0.15, 0.2) is 105 Å². The van der Waals surface area contributed by atoms with Crippen LogP contribution in [0.5, 0.6) is 0 Å². The predicted octanol–water partition coefficient (Wildman–Crippen LogP) is 6.95. The molecule has 0 saturated heterocycles. The molecule has 0 aliphatic heterocycles. The quantitative estimate of drug-likeness (QED) is 0.362. The van der Waals surface area contributed by atoms with Gasteiger partial charge in [-0.15, -0.1) is 0 Å². The summed E-state index contributed by atoms with van der Waals surface area (Å²) in [6.45, 7) is 0. The first kappa shape index (κ1) is 18.4. The molecular formula is C22H14N6. The lowest BCUT2D eigenvalue weighted by molar-refractivity contribution is 1.21. The second-order valence-electron chi connectivity index (χ2n) is 5.63. The van der Waals surface area contributed by atoms with Gasteiger partial charge >= 0.3 is 0 Å². The fourth-order valence-electron chi connectivity index (χ4n) is 2.20. The van der Waals surface area contributed by atoms with E-state index in [-0.39, 0.29) is 5.57 Å². The molecule has 0 radical (unpaired) electrons. The standard InChI is InChI=1S/C22H14N6/c23-15-18(16-24)14-17-6-8-20(9-7-17)26-28-22-12-10-21(11-13-22)27-25-19-4-2-1-3-5-19/h1-14H. The fraction of sp³-hybridized carbons (Fsp3) is 0. The molecule has 0 unspecified atom stereocenters. The Bertz CT molecular complexity index is 1080. The van der Waals surface area contributed by atoms with Crippen molar-refractivity contribution in [3.8, 4) is 12.1 Å². The number of allylic oxidation sites excluding steroid dienone is 1. The summed E-state index contributed by atoms with van der Waals surface area (Å²) in [5.41, 5.74) is 3.69. The number of nitriles is 2. The minimum Gasteiger partial charge on any atom is -0.192 e. The van der Waals surface area contributed by atoms with Gasteiger partial charge in [0.1, 0.15) is 17.7 Å². The van der Waals surface area contributed by atoms with E-state index in [9.17, 15) is 0 Å². The van der Waals surface area contributed by atoms with Crippen molar-refractivity contribution in [1.82, 2.24) is 0 Å². The van der Waals surface area contributed by atoms with Gasteiger partial charge in [-0.1, -0.05) is 30.3 Å². The van der Waals surface area contributed by atoms with Gasteiger partial charge in [-0.25, -0.2) is 0 Å². The molecule has 0 spiro atoms. The van der Waals surface area contributed by atoms with Crippen molar-refractivity contribution in [3.05, 3.63) is 90.0 Å². The van der Waals surface area contributed by atoms with Crippen LogP contribution in [0, 0.1) is 22.7 Å². The average molecular weight is 362 g/mol. The minimum atomic E-state index is 0.0545. The first-order chi connectivity index (χ1) is 13.8. The minimum absolute atomic E-state index is 0.0545. The summed E-state index contributed by atoms with van der Waals surface area (Å²) >= 11 is 0. The molecule has 132 valence electrons. The third kappa shape index (κ3) is 5.29. The zero-order chi connectivity index (χ0) is 19.6. The maximum absolute atomic E-state index is 8.78. The summed E-state index contributed by atoms with van der Waals surface area (Å²) in [6.07, 6.45) is 1.52. The lowest BCUT2D eigenvalue weighted by atomic mass is 10.1. The van der Waals surface area contributed by atoms with Gasteiger partial charge < -0.3 is 0 Å². The van der Waals surface area contributed by atoms with Crippen molar-refractivity contribution in [2.45, 2.75) is 0 Å². The number of rotatable bonds is 5. The number of nitrogens with zero attached hydrogens (tertiary/aromatic N) is 6. The van der Waals surface area contributed by atoms with Gasteiger partial charge in [-0.3, -0.25) is 0 Å². The van der Waals surface area contributed by atoms with E-state index < -0.39 is 0 Å². The van der Waals surface area contributed by atoms with Gasteiger partial charge in [0.25, 0.3) is 0 Å². The summed E-state index contributed by atoms with van der Waals surface area (Å²) in [7, 11) is 0. The largest absolute Gasteiger partial charge is 0.192 e. The van der Waals surface area contributed by atoms with E-state index in [0.717, 1.165) is 16.9 Å². The van der Waals surface area contributed by atoms with E-state index >= 15 is 0 Å². The Hall–Kier alpha value is -4.42. The maximum Gasteiger partial charge on any atom is 0.130 e. The molecule has 0 amide bonds. The summed E-state index contributed by atoms with van der Waals surface area (Å²) in [4.78, 5) is 0. The van der Waals surface area contributed by atoms with E-state index in [1.807, 2.05) is 66.7 Å². The van der Waals surface area contributed by atoms with Gasteiger partial charge in [0.05, 0.1) is 22.7 Å². The Balaban J connectivity index is 1.65. The Morgan fingerprint density at radius 2 is 0.964 bits per heavy atom. The van der Waals surface area contributed by atoms with Crippen molar-refractivity contribution in [2.24, 2.45) is 20.5 Å². The monoisotopic (exact) mass is 362 g/mol. The van der Waals surface area contributed by atoms with Crippen LogP contribution < -0.4 is 0 Å². The van der Waals surface area contributed by atoms with Crippen LogP contribution in [0.2, 0.25) is 0 Å². The van der Waals surface area contributed by atoms with Crippen LogP contribution in [-0.4, -0.2) is 0 Å². The van der Waals surface area contributed by atoms with E-state index in [1.54, 1.807) is 24.3 Å². The molecule has 0 saturated carbocycles. The molecule has 28 heavy (non-hydrogen) atoms. The Morgan fingerprint density at radius 3 is 1.39 bits per heavy atom. The summed E-state index contributed by atoms with van der Waals surface area (Å²) in [5.74, 6) is 0. The summed E-state index contributed by atoms with van der Waals surface area (Å²) in [6, 6.07) is 27.5. The van der Waals surface area contributed by atoms with Crippen molar-refractivity contribution in [3.63, 3.8) is 0 Å². The smallest absolute Gasteiger partial charge is 0.130 e. The second-order valence-corrected chi connectivity index (χ2v) is 5.63. The fourth-order valence-corrected chi connectivity index (χ4v) is 2.20. The Morgan fingerprint density at radius 1 is 0.571 bits per heavy atom. The van der Waals surface area contributed by atoms with E-state index in [2.05, 4.69) is 20.5 Å². The van der Waals surface area contributed by atoms with Gasteiger partial charge in [-0.2, -0.15) is 31.0 Å². The molecule has 0 fully saturated rings. The van der Waals surface area contributed by atoms with Gasteiger partial charge in [0.15, 0.2) is 0 Å². The number of hydrogen-bond acceptors (Lipinski definition) is 6. The van der Waals surface area contributed by atoms with Crippen molar-refractivity contribution in [1.29, 1.82) is 10.5 Å². The molecule has 6 nitrogen and oxygen atoms in total. The molecule has 0 aliphatic carbocycles. The lowest BCUT2D eigenvalue weighted by Crippen LogP contribution is -1.75. The highest BCUT2D eigenvalue weighted by Crippen LogP contribution is 2.23. The van der Waals surface area contributed by atoms with Crippen LogP contribution in [0.1, 0.15) is 5.56 Å². The highest BCUT2D eigenvalue weighted by molar-refractivity contribution is 5.63. The normalized spacial score (nSPS) is 10.5. The van der Waals surface area contributed by atoms with Crippen LogP contribution in [0.4, 0.5) is 22.7 Å². The first-order valence-corrected chi connectivity index (χ1v) is 8.37. The highest BCUT2D eigenvalue weighted by atomic mass is 15.1. The molecule has 0 heterocycles. The lowest BCUT2D eigenvalue weighted by Gasteiger charge is -1.96. The average Bonchev–Trinajstić information content (AvgIpc) is 2.77. The highest BCUT2D eigenvalue weighted by Gasteiger charge is 1.96. The molecule has 0 N–H and O–H groups in total. The van der Waals surface area contributed by atoms with Gasteiger partial charge in [0, 0.05) is 0 Å². The molecule has 0 aromatic heterocycles. The van der Waals surface area contributed by atoms with Crippen LogP contribution in [-0.2, 0) is 0 Å². The van der Waals surface area contributed by atoms with Crippen molar-refractivity contribution < 1.29 is 0 Å². The first-order valence-electron chi connectivity index (χ1n) is 8.37. The third-order valence-electron chi connectivity index (χ3n) is 3.61. The van der Waals surface area contributed by atoms with Gasteiger partial charge in [-0.05, 0) is 60.2 Å².